The van der Waals surface area contributed by atoms with Crippen molar-refractivity contribution in [2.24, 2.45) is 0 Å². The Morgan fingerprint density at radius 3 is 2.28 bits per heavy atom. The van der Waals surface area contributed by atoms with E-state index in [0.717, 1.165) is 0 Å². The minimum atomic E-state index is -1.35. The van der Waals surface area contributed by atoms with Gasteiger partial charge in [-0.25, -0.2) is 0 Å². The van der Waals surface area contributed by atoms with Gasteiger partial charge in [0.25, 0.3) is 11.8 Å². The smallest absolute Gasteiger partial charge is 0.259 e. The van der Waals surface area contributed by atoms with Gasteiger partial charge in [-0.2, -0.15) is 0 Å². The third kappa shape index (κ3) is 4.35. The number of amides is 2. The fraction of sp³-hybridized carbons (Fsp3) is 0.0690. The third-order valence-corrected chi connectivity index (χ3v) is 8.16. The SMILES string of the molecule is O=C1CN(C(=O)c2ccc(Oc3cc(C(=O)N4CS(=O)c5ccccc54)cc(Cl)c3O)cc2)c2ccccc21. The molecule has 8 nitrogen and oxygen atoms in total. The Morgan fingerprint density at radius 2 is 1.51 bits per heavy atom. The quantitative estimate of drug-likeness (QED) is 0.359. The summed E-state index contributed by atoms with van der Waals surface area (Å²) in [5, 5.41) is 10.4. The number of fused-ring (bicyclic) bond motifs is 2. The molecule has 6 rings (SSSR count). The van der Waals surface area contributed by atoms with Crippen molar-refractivity contribution in [3.63, 3.8) is 0 Å². The lowest BCUT2D eigenvalue weighted by Crippen LogP contribution is -2.30. The van der Waals surface area contributed by atoms with Gasteiger partial charge < -0.3 is 9.84 Å². The minimum absolute atomic E-state index is 0.00937. The van der Waals surface area contributed by atoms with Crippen molar-refractivity contribution in [2.45, 2.75) is 4.90 Å². The van der Waals surface area contributed by atoms with Crippen LogP contribution in [0.15, 0.2) is 89.8 Å². The molecule has 2 amide bonds. The summed E-state index contributed by atoms with van der Waals surface area (Å²) in [6.07, 6.45) is 0. The summed E-state index contributed by atoms with van der Waals surface area (Å²) in [6.45, 7) is -0.0291. The molecule has 0 aromatic heterocycles. The van der Waals surface area contributed by atoms with Crippen molar-refractivity contribution in [1.82, 2.24) is 0 Å². The van der Waals surface area contributed by atoms with E-state index < -0.39 is 16.7 Å². The first-order valence-electron chi connectivity index (χ1n) is 11.9. The van der Waals surface area contributed by atoms with Crippen LogP contribution in [0.4, 0.5) is 11.4 Å². The molecular formula is C29H19ClN2O6S. The zero-order valence-corrected chi connectivity index (χ0v) is 21.7. The molecule has 4 aromatic carbocycles. The largest absolute Gasteiger partial charge is 0.503 e. The van der Waals surface area contributed by atoms with Gasteiger partial charge in [0.2, 0.25) is 0 Å². The molecule has 4 aromatic rings. The first kappa shape index (κ1) is 24.8. The van der Waals surface area contributed by atoms with Gasteiger partial charge in [0, 0.05) is 16.7 Å². The lowest BCUT2D eigenvalue weighted by Gasteiger charge is -2.18. The van der Waals surface area contributed by atoms with Gasteiger partial charge in [-0.05, 0) is 60.7 Å². The number of hydrogen-bond donors (Lipinski definition) is 1. The fourth-order valence-electron chi connectivity index (χ4n) is 4.62. The number of rotatable bonds is 4. The maximum absolute atomic E-state index is 13.3. The predicted molar refractivity (Wildman–Crippen MR) is 147 cm³/mol. The van der Waals surface area contributed by atoms with Crippen molar-refractivity contribution in [2.75, 3.05) is 22.2 Å². The van der Waals surface area contributed by atoms with Crippen LogP contribution in [0.25, 0.3) is 0 Å². The molecule has 0 saturated heterocycles. The predicted octanol–water partition coefficient (Wildman–Crippen LogP) is 5.41. The molecule has 2 heterocycles. The molecule has 2 aliphatic rings. The number of aromatic hydroxyl groups is 1. The minimum Gasteiger partial charge on any atom is -0.503 e. The lowest BCUT2D eigenvalue weighted by atomic mass is 10.1. The van der Waals surface area contributed by atoms with Gasteiger partial charge in [0.1, 0.15) is 11.6 Å². The summed E-state index contributed by atoms with van der Waals surface area (Å²) in [5.41, 5.74) is 2.12. The van der Waals surface area contributed by atoms with E-state index in [4.69, 9.17) is 16.3 Å². The Balaban J connectivity index is 1.23. The number of hydrogen-bond acceptors (Lipinski definition) is 6. The number of para-hydroxylation sites is 2. The number of phenolic OH excluding ortho intramolecular Hbond substituents is 1. The highest BCUT2D eigenvalue weighted by Gasteiger charge is 2.32. The molecule has 39 heavy (non-hydrogen) atoms. The number of ether oxygens (including phenoxy) is 1. The number of nitrogens with zero attached hydrogens (tertiary/aromatic N) is 2. The van der Waals surface area contributed by atoms with E-state index in [9.17, 15) is 23.7 Å². The number of benzene rings is 4. The van der Waals surface area contributed by atoms with Crippen LogP contribution in [0.2, 0.25) is 5.02 Å². The van der Waals surface area contributed by atoms with Gasteiger partial charge in [-0.3, -0.25) is 28.4 Å². The summed E-state index contributed by atoms with van der Waals surface area (Å²) in [7, 11) is -1.35. The van der Waals surface area contributed by atoms with Crippen molar-refractivity contribution in [3.05, 3.63) is 107 Å². The molecule has 2 aliphatic heterocycles. The second kappa shape index (κ2) is 9.68. The van der Waals surface area contributed by atoms with E-state index in [2.05, 4.69) is 0 Å². The van der Waals surface area contributed by atoms with E-state index in [0.29, 0.717) is 27.4 Å². The molecule has 0 saturated carbocycles. The van der Waals surface area contributed by atoms with Crippen LogP contribution in [-0.4, -0.2) is 39.3 Å². The third-order valence-electron chi connectivity index (χ3n) is 6.54. The van der Waals surface area contributed by atoms with Crippen LogP contribution in [0.1, 0.15) is 31.1 Å². The Kier molecular flexibility index (Phi) is 6.17. The molecule has 1 N–H and O–H groups in total. The van der Waals surface area contributed by atoms with Crippen molar-refractivity contribution in [3.8, 4) is 17.2 Å². The summed E-state index contributed by atoms with van der Waals surface area (Å²) in [6, 6.07) is 22.8. The normalized spacial score (nSPS) is 15.7. The van der Waals surface area contributed by atoms with Crippen LogP contribution < -0.4 is 14.5 Å². The lowest BCUT2D eigenvalue weighted by molar-refractivity contribution is 0.0951. The van der Waals surface area contributed by atoms with E-state index in [-0.39, 0.29) is 51.9 Å². The van der Waals surface area contributed by atoms with E-state index in [1.54, 1.807) is 72.8 Å². The van der Waals surface area contributed by atoms with Crippen LogP contribution in [0.3, 0.4) is 0 Å². The Labute approximate surface area is 230 Å². The van der Waals surface area contributed by atoms with Crippen molar-refractivity contribution < 1.29 is 28.4 Å². The van der Waals surface area contributed by atoms with Gasteiger partial charge >= 0.3 is 0 Å². The molecule has 0 radical (unpaired) electrons. The molecule has 1 unspecified atom stereocenters. The van der Waals surface area contributed by atoms with Crippen molar-refractivity contribution >= 4 is 51.4 Å². The second-order valence-corrected chi connectivity index (χ2v) is 10.7. The van der Waals surface area contributed by atoms with Gasteiger partial charge in [0.15, 0.2) is 17.3 Å². The number of Topliss-reactive ketones (excluding diaryl/α,β-unsaturated/α-hetero) is 1. The van der Waals surface area contributed by atoms with E-state index in [1.165, 1.54) is 21.9 Å². The average Bonchev–Trinajstić information content (AvgIpc) is 3.47. The van der Waals surface area contributed by atoms with E-state index >= 15 is 0 Å². The van der Waals surface area contributed by atoms with Gasteiger partial charge in [0.05, 0.1) is 38.6 Å². The number of anilines is 2. The van der Waals surface area contributed by atoms with Crippen LogP contribution in [0, 0.1) is 0 Å². The molecule has 194 valence electrons. The zero-order chi connectivity index (χ0) is 27.3. The monoisotopic (exact) mass is 558 g/mol. The van der Waals surface area contributed by atoms with Gasteiger partial charge in [-0.15, -0.1) is 0 Å². The number of carbonyl (C=O) groups is 3. The summed E-state index contributed by atoms with van der Waals surface area (Å²) in [5.74, 6) is -1.01. The highest BCUT2D eigenvalue weighted by molar-refractivity contribution is 7.85. The number of ketones is 1. The molecule has 0 aliphatic carbocycles. The first-order chi connectivity index (χ1) is 18.8. The van der Waals surface area contributed by atoms with Crippen LogP contribution in [0.5, 0.6) is 17.2 Å². The molecular weight excluding hydrogens is 540 g/mol. The summed E-state index contributed by atoms with van der Waals surface area (Å²) >= 11 is 6.22. The Morgan fingerprint density at radius 1 is 0.846 bits per heavy atom. The second-order valence-electron chi connectivity index (χ2n) is 8.94. The fourth-order valence-corrected chi connectivity index (χ4v) is 6.10. The average molecular weight is 559 g/mol. The topological polar surface area (TPSA) is 104 Å². The molecule has 0 spiro atoms. The van der Waals surface area contributed by atoms with Gasteiger partial charge in [-0.1, -0.05) is 35.9 Å². The van der Waals surface area contributed by atoms with Crippen LogP contribution >= 0.6 is 11.6 Å². The first-order valence-corrected chi connectivity index (χ1v) is 13.6. The van der Waals surface area contributed by atoms with Crippen LogP contribution in [-0.2, 0) is 10.8 Å². The maximum Gasteiger partial charge on any atom is 0.259 e. The molecule has 0 bridgehead atoms. The molecule has 0 fully saturated rings. The summed E-state index contributed by atoms with van der Waals surface area (Å²) < 4.78 is 18.3. The molecule has 1 atom stereocenters. The number of halogens is 1. The highest BCUT2D eigenvalue weighted by atomic mass is 35.5. The highest BCUT2D eigenvalue weighted by Crippen LogP contribution is 2.40. The maximum atomic E-state index is 13.3. The molecule has 10 heteroatoms. The van der Waals surface area contributed by atoms with E-state index in [1.807, 2.05) is 0 Å². The Bertz CT molecular complexity index is 1700. The number of phenols is 1. The Hall–Kier alpha value is -4.47. The standard InChI is InChI=1S/C29H19ClN2O6S/c30-21-13-18(29(36)32-16-39(37)26-8-4-3-7-23(26)32)14-25(27(21)34)38-19-11-9-17(10-12-19)28(35)31-15-24(33)20-5-1-2-6-22(20)31/h1-14,34H,15-16H2. The van der Waals surface area contributed by atoms with Crippen molar-refractivity contribution in [1.29, 1.82) is 0 Å². The zero-order valence-electron chi connectivity index (χ0n) is 20.2. The summed E-state index contributed by atoms with van der Waals surface area (Å²) in [4.78, 5) is 42.1. The number of carbonyl (C=O) groups excluding carboxylic acids is 3.